The van der Waals surface area contributed by atoms with Crippen LogP contribution in [-0.2, 0) is 11.0 Å². The number of nitrogens with one attached hydrogen (secondary N) is 1. The molecule has 0 saturated heterocycles. The van der Waals surface area contributed by atoms with Crippen LogP contribution in [0, 0.1) is 0 Å². The van der Waals surface area contributed by atoms with E-state index in [1.807, 2.05) is 24.3 Å². The van der Waals surface area contributed by atoms with Crippen LogP contribution in [0.4, 0.5) is 18.3 Å². The van der Waals surface area contributed by atoms with Crippen molar-refractivity contribution in [3.05, 3.63) is 29.3 Å². The Kier molecular flexibility index (Phi) is 4.74. The van der Waals surface area contributed by atoms with E-state index in [-0.39, 0.29) is 5.13 Å². The molecule has 2 heterocycles. The summed E-state index contributed by atoms with van der Waals surface area (Å²) in [6, 6.07) is 7.58. The van der Waals surface area contributed by atoms with Gasteiger partial charge in [-0.3, -0.25) is 10.1 Å². The molecule has 0 bridgehead atoms. The molecular weight excluding hydrogens is 381 g/mol. The molecular formula is C13H9F3N4OS3. The summed E-state index contributed by atoms with van der Waals surface area (Å²) < 4.78 is 39.1. The molecule has 0 aliphatic rings. The molecule has 1 aromatic carbocycles. The fraction of sp³-hybridized carbons (Fsp3) is 0.231. The topological polar surface area (TPSA) is 67.8 Å². The molecule has 0 aliphatic carbocycles. The molecule has 11 heteroatoms. The van der Waals surface area contributed by atoms with E-state index >= 15 is 0 Å². The van der Waals surface area contributed by atoms with E-state index in [9.17, 15) is 18.0 Å². The van der Waals surface area contributed by atoms with Crippen molar-refractivity contribution in [1.82, 2.24) is 15.2 Å². The first-order chi connectivity index (χ1) is 11.3. The molecule has 126 valence electrons. The minimum absolute atomic E-state index is 0.177. The van der Waals surface area contributed by atoms with E-state index in [1.165, 1.54) is 23.1 Å². The summed E-state index contributed by atoms with van der Waals surface area (Å²) in [5.74, 6) is -0.455. The molecule has 0 spiro atoms. The lowest BCUT2D eigenvalue weighted by molar-refractivity contribution is -0.138. The Balaban J connectivity index is 1.65. The number of fused-ring (bicyclic) bond motifs is 1. The molecule has 0 unspecified atom stereocenters. The highest BCUT2D eigenvalue weighted by Gasteiger charge is 2.36. The quantitative estimate of drug-likeness (QED) is 0.673. The number of amides is 1. The number of para-hydroxylation sites is 1. The maximum Gasteiger partial charge on any atom is 0.445 e. The number of hydrogen-bond acceptors (Lipinski definition) is 7. The van der Waals surface area contributed by atoms with Gasteiger partial charge in [0.15, 0.2) is 4.34 Å². The molecule has 24 heavy (non-hydrogen) atoms. The van der Waals surface area contributed by atoms with Gasteiger partial charge in [-0.15, -0.1) is 21.5 Å². The van der Waals surface area contributed by atoms with Gasteiger partial charge in [-0.05, 0) is 19.1 Å². The Morgan fingerprint density at radius 1 is 1.25 bits per heavy atom. The number of anilines is 1. The van der Waals surface area contributed by atoms with Gasteiger partial charge in [0.2, 0.25) is 16.0 Å². The van der Waals surface area contributed by atoms with E-state index in [4.69, 9.17) is 0 Å². The zero-order chi connectivity index (χ0) is 17.3. The van der Waals surface area contributed by atoms with Gasteiger partial charge in [-0.2, -0.15) is 13.2 Å². The number of aromatic nitrogens is 3. The monoisotopic (exact) mass is 390 g/mol. The second kappa shape index (κ2) is 6.65. The molecule has 3 aromatic rings. The second-order valence-corrected chi connectivity index (χ2v) is 8.20. The predicted molar refractivity (Wildman–Crippen MR) is 88.5 cm³/mol. The average molecular weight is 390 g/mol. The Morgan fingerprint density at radius 2 is 2.00 bits per heavy atom. The lowest BCUT2D eigenvalue weighted by Crippen LogP contribution is -2.22. The van der Waals surface area contributed by atoms with Gasteiger partial charge in [0.05, 0.1) is 15.5 Å². The predicted octanol–water partition coefficient (Wildman–Crippen LogP) is 4.29. The second-order valence-electron chi connectivity index (χ2n) is 4.61. The van der Waals surface area contributed by atoms with Gasteiger partial charge in [-0.1, -0.05) is 35.2 Å². The highest BCUT2D eigenvalue weighted by molar-refractivity contribution is 8.02. The van der Waals surface area contributed by atoms with Crippen LogP contribution in [0.2, 0.25) is 0 Å². The van der Waals surface area contributed by atoms with Gasteiger partial charge in [-0.25, -0.2) is 4.98 Å². The third-order valence-corrected chi connectivity index (χ3v) is 5.93. The Labute approximate surface area is 146 Å². The SMILES string of the molecule is C[C@@H](Sc1nc2ccccc2s1)C(=O)Nc1nnc(C(F)(F)F)s1. The number of alkyl halides is 3. The van der Waals surface area contributed by atoms with Crippen LogP contribution in [0.1, 0.15) is 11.9 Å². The number of thioether (sulfide) groups is 1. The molecule has 1 atom stereocenters. The number of nitrogens with zero attached hydrogens (tertiary/aromatic N) is 3. The zero-order valence-corrected chi connectivity index (χ0v) is 14.4. The van der Waals surface area contributed by atoms with Crippen molar-refractivity contribution in [3.8, 4) is 0 Å². The van der Waals surface area contributed by atoms with Gasteiger partial charge in [0.25, 0.3) is 0 Å². The minimum atomic E-state index is -4.57. The molecule has 1 N–H and O–H groups in total. The van der Waals surface area contributed by atoms with E-state index < -0.39 is 22.3 Å². The van der Waals surface area contributed by atoms with E-state index in [2.05, 4.69) is 20.5 Å². The number of benzene rings is 1. The maximum absolute atomic E-state index is 12.5. The summed E-state index contributed by atoms with van der Waals surface area (Å²) in [7, 11) is 0. The first-order valence-electron chi connectivity index (χ1n) is 6.57. The maximum atomic E-state index is 12.5. The first kappa shape index (κ1) is 17.1. The smallest absolute Gasteiger partial charge is 0.300 e. The molecule has 0 fully saturated rings. The number of hydrogen-bond donors (Lipinski definition) is 1. The van der Waals surface area contributed by atoms with E-state index in [0.717, 1.165) is 10.2 Å². The van der Waals surface area contributed by atoms with Crippen molar-refractivity contribution >= 4 is 55.7 Å². The molecule has 5 nitrogen and oxygen atoms in total. The summed E-state index contributed by atoms with van der Waals surface area (Å²) in [5, 5.41) is 6.91. The van der Waals surface area contributed by atoms with Crippen LogP contribution in [0.5, 0.6) is 0 Å². The van der Waals surface area contributed by atoms with Crippen LogP contribution >= 0.6 is 34.4 Å². The molecule has 0 aliphatic heterocycles. The van der Waals surface area contributed by atoms with E-state index in [1.54, 1.807) is 6.92 Å². The van der Waals surface area contributed by atoms with Crippen LogP contribution in [0.25, 0.3) is 10.2 Å². The van der Waals surface area contributed by atoms with Gasteiger partial charge in [0, 0.05) is 0 Å². The van der Waals surface area contributed by atoms with Crippen molar-refractivity contribution in [2.45, 2.75) is 22.7 Å². The minimum Gasteiger partial charge on any atom is -0.300 e. The van der Waals surface area contributed by atoms with Crippen molar-refractivity contribution in [1.29, 1.82) is 0 Å². The highest BCUT2D eigenvalue weighted by Crippen LogP contribution is 2.34. The number of thiazole rings is 1. The normalized spacial score (nSPS) is 13.2. The van der Waals surface area contributed by atoms with E-state index in [0.29, 0.717) is 15.7 Å². The summed E-state index contributed by atoms with van der Waals surface area (Å²) in [4.78, 5) is 16.5. The van der Waals surface area contributed by atoms with Gasteiger partial charge >= 0.3 is 6.18 Å². The number of carbonyl (C=O) groups excluding carboxylic acids is 1. The summed E-state index contributed by atoms with van der Waals surface area (Å²) in [5.41, 5.74) is 0.844. The molecule has 2 aromatic heterocycles. The van der Waals surface area contributed by atoms with Gasteiger partial charge in [0.1, 0.15) is 0 Å². The van der Waals surface area contributed by atoms with Crippen LogP contribution in [-0.4, -0.2) is 26.3 Å². The van der Waals surface area contributed by atoms with Crippen LogP contribution in [0.3, 0.4) is 0 Å². The Hall–Kier alpha value is -1.72. The lowest BCUT2D eigenvalue weighted by atomic mass is 10.3. The summed E-state index contributed by atoms with van der Waals surface area (Å²) in [6.07, 6.45) is -4.57. The largest absolute Gasteiger partial charge is 0.445 e. The summed E-state index contributed by atoms with van der Waals surface area (Å²) >= 11 is 2.99. The Morgan fingerprint density at radius 3 is 2.67 bits per heavy atom. The molecule has 0 saturated carbocycles. The van der Waals surface area contributed by atoms with Crippen LogP contribution in [0.15, 0.2) is 28.6 Å². The van der Waals surface area contributed by atoms with Crippen LogP contribution < -0.4 is 5.32 Å². The standard InChI is InChI=1S/C13H9F3N4OS3/c1-6(22-12-17-7-4-2-3-5-8(7)23-12)9(21)18-11-20-19-10(24-11)13(14,15)16/h2-6H,1H3,(H,18,20,21)/t6-/m1/s1. The molecule has 0 radical (unpaired) electrons. The Bertz CT molecular complexity index is 844. The first-order valence-corrected chi connectivity index (χ1v) is 9.08. The third kappa shape index (κ3) is 3.84. The zero-order valence-electron chi connectivity index (χ0n) is 12.0. The van der Waals surface area contributed by atoms with Crippen molar-refractivity contribution in [3.63, 3.8) is 0 Å². The third-order valence-electron chi connectivity index (χ3n) is 2.82. The van der Waals surface area contributed by atoms with Crippen molar-refractivity contribution < 1.29 is 18.0 Å². The highest BCUT2D eigenvalue weighted by atomic mass is 32.2. The molecule has 3 rings (SSSR count). The van der Waals surface area contributed by atoms with Gasteiger partial charge < -0.3 is 0 Å². The number of halogens is 3. The summed E-state index contributed by atoms with van der Waals surface area (Å²) in [6.45, 7) is 1.65. The number of carbonyl (C=O) groups is 1. The fourth-order valence-electron chi connectivity index (χ4n) is 1.70. The fourth-order valence-corrected chi connectivity index (χ4v) is 4.53. The average Bonchev–Trinajstić information content (AvgIpc) is 3.12. The number of rotatable bonds is 4. The lowest BCUT2D eigenvalue weighted by Gasteiger charge is -2.07. The van der Waals surface area contributed by atoms with Crippen molar-refractivity contribution in [2.75, 3.05) is 5.32 Å². The van der Waals surface area contributed by atoms with Crippen molar-refractivity contribution in [2.24, 2.45) is 0 Å². The molecule has 1 amide bonds.